The summed E-state index contributed by atoms with van der Waals surface area (Å²) in [6.07, 6.45) is 0.507. The Morgan fingerprint density at radius 2 is 0.754 bits per heavy atom. The molecule has 0 aliphatic carbocycles. The van der Waals surface area contributed by atoms with Gasteiger partial charge in [-0.2, -0.15) is 0 Å². The second-order valence-corrected chi connectivity index (χ2v) is 32.8. The largest absolute Gasteiger partial charge is 0.508 e. The fraction of sp³-hybridized carbons (Fsp3) is 0.459. The van der Waals surface area contributed by atoms with Crippen LogP contribution in [0.15, 0.2) is 152 Å². The molecule has 0 saturated carbocycles. The van der Waals surface area contributed by atoms with Crippen molar-refractivity contribution in [2.45, 2.75) is 127 Å². The SMILES string of the molecule is CC(=O)NCC(=O)N[C@@H](CO)C(=O)N[C@@H](Cc1ccc(O)cc1)C(=O)N[C@@H](Cc1c[nH]c2ccccc12)C(=O)N[C@@H](Cc1ccc(O)cc1)C(=O)N[C@@H](CC(=O)O)C(=O)N[C@H](C(=O)N[C@@H](Cc1c[nH]c2ccccc12)C(=O)N[C@@H](Cc1ccccc1)C(=O)NCCOCCOCCOCCOCCC(=O)NCc1cc(F)c(OC(=O)CCOCCOCCOCCOCCOCCOCCN)c(F)c1)C(C)C. The number of carboxylic acids is 1. The number of phenols is 2. The highest BCUT2D eigenvalue weighted by Crippen LogP contribution is 2.26. The van der Waals surface area contributed by atoms with Crippen LogP contribution < -0.4 is 69.0 Å². The van der Waals surface area contributed by atoms with Crippen molar-refractivity contribution < 1.29 is 144 Å². The van der Waals surface area contributed by atoms with Crippen LogP contribution in [0.3, 0.4) is 0 Å². The Kier molecular flexibility index (Phi) is 50.7. The molecule has 44 heteroatoms. The van der Waals surface area contributed by atoms with Crippen molar-refractivity contribution in [3.05, 3.63) is 197 Å². The number of nitrogens with one attached hydrogen (secondary N) is 13. The number of aromatic amines is 2. The first-order chi connectivity index (χ1) is 68.5. The second kappa shape index (κ2) is 63.3. The molecule has 0 spiro atoms. The van der Waals surface area contributed by atoms with Gasteiger partial charge < -0.3 is 147 Å². The lowest BCUT2D eigenvalue weighted by molar-refractivity contribution is -0.142. The zero-order valence-corrected chi connectivity index (χ0v) is 79.4. The molecule has 0 radical (unpaired) electrons. The van der Waals surface area contributed by atoms with Crippen LogP contribution in [-0.2, 0) is 148 Å². The topological polar surface area (TPSA) is 594 Å². The van der Waals surface area contributed by atoms with Crippen molar-refractivity contribution in [3.8, 4) is 17.2 Å². The number of aliphatic hydroxyl groups excluding tert-OH is 1. The molecule has 6 aromatic carbocycles. The number of aliphatic carboxylic acids is 1. The highest BCUT2D eigenvalue weighted by atomic mass is 19.1. The van der Waals surface area contributed by atoms with Gasteiger partial charge in [-0.15, -0.1) is 0 Å². The number of benzene rings is 6. The van der Waals surface area contributed by atoms with Gasteiger partial charge in [-0.1, -0.05) is 105 Å². The summed E-state index contributed by atoms with van der Waals surface area (Å²) in [4.78, 5) is 187. The molecule has 0 aliphatic heterocycles. The third kappa shape index (κ3) is 42.1. The Labute approximate surface area is 818 Å². The van der Waals surface area contributed by atoms with Crippen molar-refractivity contribution in [2.75, 3.05) is 158 Å². The zero-order valence-electron chi connectivity index (χ0n) is 79.4. The van der Waals surface area contributed by atoms with Gasteiger partial charge in [-0.25, -0.2) is 8.78 Å². The van der Waals surface area contributed by atoms with Crippen LogP contribution in [-0.4, -0.2) is 314 Å². The Bertz CT molecular complexity index is 5290. The molecule has 2 aromatic heterocycles. The van der Waals surface area contributed by atoms with E-state index in [4.69, 9.17) is 57.8 Å². The van der Waals surface area contributed by atoms with E-state index in [9.17, 15) is 77.2 Å². The van der Waals surface area contributed by atoms with Crippen LogP contribution in [0.25, 0.3) is 21.8 Å². The molecule has 772 valence electrons. The molecule has 0 saturated heterocycles. The highest BCUT2D eigenvalue weighted by Gasteiger charge is 2.38. The monoisotopic (exact) mass is 1990 g/mol. The number of nitrogens with two attached hydrogens (primary N) is 1. The predicted octanol–water partition coefficient (Wildman–Crippen LogP) is 1.23. The third-order valence-electron chi connectivity index (χ3n) is 21.5. The maximum absolute atomic E-state index is 15.2. The minimum atomic E-state index is -2.01. The van der Waals surface area contributed by atoms with E-state index in [0.717, 1.165) is 19.1 Å². The van der Waals surface area contributed by atoms with Crippen molar-refractivity contribution in [2.24, 2.45) is 11.7 Å². The number of para-hydroxylation sites is 2. The summed E-state index contributed by atoms with van der Waals surface area (Å²) in [6, 6.07) is 22.7. The molecule has 0 aliphatic rings. The summed E-state index contributed by atoms with van der Waals surface area (Å²) in [6.45, 7) is 7.83. The Hall–Kier alpha value is -13.5. The fourth-order valence-electron chi connectivity index (χ4n) is 14.1. The molecule has 0 unspecified atom stereocenters. The summed E-state index contributed by atoms with van der Waals surface area (Å²) < 4.78 is 89.3. The number of halogens is 2. The summed E-state index contributed by atoms with van der Waals surface area (Å²) in [5.74, 6) is -16.6. The number of carboxylic acid groups (broad SMARTS) is 1. The summed E-state index contributed by atoms with van der Waals surface area (Å²) in [5, 5.41) is 70.8. The minimum absolute atomic E-state index is 0.0115. The smallest absolute Gasteiger partial charge is 0.313 e. The number of fused-ring (bicyclic) bond motifs is 2. The molecule has 142 heavy (non-hydrogen) atoms. The van der Waals surface area contributed by atoms with Crippen LogP contribution in [0.4, 0.5) is 8.78 Å². The number of rotatable bonds is 70. The van der Waals surface area contributed by atoms with E-state index in [-0.39, 0.29) is 141 Å². The van der Waals surface area contributed by atoms with Gasteiger partial charge in [0.05, 0.1) is 158 Å². The third-order valence-corrected chi connectivity index (χ3v) is 21.5. The number of ether oxygens (including phenoxy) is 11. The van der Waals surface area contributed by atoms with Gasteiger partial charge in [0, 0.05) is 99.3 Å². The Morgan fingerprint density at radius 1 is 0.380 bits per heavy atom. The van der Waals surface area contributed by atoms with Crippen LogP contribution in [0.2, 0.25) is 0 Å². The molecule has 0 bridgehead atoms. The van der Waals surface area contributed by atoms with E-state index in [2.05, 4.69) is 68.5 Å². The lowest BCUT2D eigenvalue weighted by atomic mass is 9.99. The van der Waals surface area contributed by atoms with E-state index in [0.29, 0.717) is 116 Å². The van der Waals surface area contributed by atoms with Crippen molar-refractivity contribution >= 4 is 98.7 Å². The number of aromatic nitrogens is 2. The maximum Gasteiger partial charge on any atom is 0.313 e. The average molecular weight is 1990 g/mol. The normalized spacial score (nSPS) is 13.0. The number of esters is 1. The van der Waals surface area contributed by atoms with Gasteiger partial charge in [-0.05, 0) is 87.8 Å². The van der Waals surface area contributed by atoms with E-state index in [1.165, 1.54) is 48.5 Å². The van der Waals surface area contributed by atoms with Crippen LogP contribution >= 0.6 is 0 Å². The molecule has 8 atom stereocenters. The fourth-order valence-corrected chi connectivity index (χ4v) is 14.1. The van der Waals surface area contributed by atoms with Crippen molar-refractivity contribution in [1.82, 2.24) is 68.5 Å². The number of H-pyrrole nitrogens is 2. The standard InChI is InChI=1S/C98H128F2N14O28/c1-62(2)89(114-96(129)83(56-87(121)122)112-93(126)79(52-65-17-21-70(117)22-18-65)109-94(127)81(54-68-58-104-76-15-9-7-13-72(68)76)111-92(125)80(53-66-19-23-71(118)24-20-66)110-97(130)84(61-115)107-86(120)60-103-63(3)116)98(131)113-82(55-69-59-105-77-16-10-8-14-73(69)77)95(128)108-78(51-64-11-5-4-6-12-64)91(124)102-28-32-135-36-40-139-44-41-136-37-33-132-29-25-85(119)106-57-67-49-74(99)90(75(100)50-67)142-88(123)26-30-133-34-38-137-42-45-140-47-48-141-46-43-138-39-35-134-31-27-101/h4-24,49-50,58-59,62,78-84,89,104-105,115,117-118H,25-48,51-57,60-61,101H2,1-3H3,(H,102,124)(H,103,116)(H,106,119)(H,107,120)(H,108,128)(H,109,127)(H,110,130)(H,111,125)(H,112,126)(H,113,131)(H,114,129)(H,121,122)/t78-,79-,80-,81-,82-,83-,84-,89-/m0/s1. The van der Waals surface area contributed by atoms with E-state index in [1.54, 1.807) is 105 Å². The van der Waals surface area contributed by atoms with Crippen LogP contribution in [0.1, 0.15) is 73.4 Å². The molecule has 19 N–H and O–H groups in total. The van der Waals surface area contributed by atoms with Crippen LogP contribution in [0.5, 0.6) is 17.2 Å². The number of carbonyl (C=O) groups is 13. The predicted molar refractivity (Wildman–Crippen MR) is 509 cm³/mol. The van der Waals surface area contributed by atoms with E-state index < -0.39 is 175 Å². The summed E-state index contributed by atoms with van der Waals surface area (Å²) >= 11 is 0. The Morgan fingerprint density at radius 3 is 1.18 bits per heavy atom. The molecular weight excluding hydrogens is 1860 g/mol. The first kappa shape index (κ1) is 114. The van der Waals surface area contributed by atoms with Gasteiger partial charge in [-0.3, -0.25) is 62.3 Å². The highest BCUT2D eigenvalue weighted by molar-refractivity contribution is 6.00. The summed E-state index contributed by atoms with van der Waals surface area (Å²) in [7, 11) is 0. The van der Waals surface area contributed by atoms with Crippen molar-refractivity contribution in [1.29, 1.82) is 0 Å². The molecule has 8 rings (SSSR count). The lowest BCUT2D eigenvalue weighted by Crippen LogP contribution is -2.62. The summed E-state index contributed by atoms with van der Waals surface area (Å²) in [5.41, 5.74) is 9.10. The average Bonchev–Trinajstić information content (AvgIpc) is 1.64. The van der Waals surface area contributed by atoms with Crippen molar-refractivity contribution in [3.63, 3.8) is 0 Å². The molecule has 0 fully saturated rings. The van der Waals surface area contributed by atoms with Gasteiger partial charge in [0.15, 0.2) is 11.6 Å². The quantitative estimate of drug-likeness (QED) is 0.0145. The maximum atomic E-state index is 15.2. The number of aromatic hydroxyl groups is 2. The molecule has 11 amide bonds. The van der Waals surface area contributed by atoms with Gasteiger partial charge in [0.2, 0.25) is 70.7 Å². The first-order valence-electron chi connectivity index (χ1n) is 46.4. The number of aliphatic hydroxyl groups is 1. The van der Waals surface area contributed by atoms with Gasteiger partial charge in [0.1, 0.15) is 59.8 Å². The van der Waals surface area contributed by atoms with Gasteiger partial charge >= 0.3 is 11.9 Å². The molecule has 42 nitrogen and oxygen atoms in total. The van der Waals surface area contributed by atoms with Gasteiger partial charge in [0.25, 0.3) is 0 Å². The Balaban J connectivity index is 0.804. The molecule has 2 heterocycles. The number of phenolic OH excluding ortho intramolecular Hbond substituents is 2. The number of hydrogen-bond acceptors (Lipinski definition) is 28. The zero-order chi connectivity index (χ0) is 102. The lowest BCUT2D eigenvalue weighted by Gasteiger charge is -2.29. The first-order valence-corrected chi connectivity index (χ1v) is 46.4. The number of amides is 11. The second-order valence-electron chi connectivity index (χ2n) is 32.8. The van der Waals surface area contributed by atoms with E-state index >= 15 is 14.4 Å². The number of hydrogen-bond donors (Lipinski definition) is 18. The molecule has 8 aromatic rings. The van der Waals surface area contributed by atoms with E-state index in [1.807, 2.05) is 0 Å². The molecular formula is C98H128F2N14O28. The van der Waals surface area contributed by atoms with Crippen LogP contribution in [0, 0.1) is 17.6 Å². The minimum Gasteiger partial charge on any atom is -0.508 e. The number of carbonyl (C=O) groups excluding carboxylic acids is 12.